The van der Waals surface area contributed by atoms with E-state index in [1.165, 1.54) is 0 Å². The van der Waals surface area contributed by atoms with Crippen LogP contribution in [-0.2, 0) is 11.3 Å². The first-order chi connectivity index (χ1) is 12.0. The summed E-state index contributed by atoms with van der Waals surface area (Å²) in [6, 6.07) is 13.3. The number of benzene rings is 2. The Bertz CT molecular complexity index is 717. The minimum Gasteiger partial charge on any atom is -0.494 e. The predicted molar refractivity (Wildman–Crippen MR) is 104 cm³/mol. The molecular weight excluding hydrogens is 336 g/mol. The quantitative estimate of drug-likeness (QED) is 0.668. The number of amides is 1. The first kappa shape index (κ1) is 19.1. The monoisotopic (exact) mass is 360 g/mol. The van der Waals surface area contributed by atoms with Gasteiger partial charge in [0.15, 0.2) is 0 Å². The Labute approximate surface area is 154 Å². The van der Waals surface area contributed by atoms with Gasteiger partial charge < -0.3 is 15.4 Å². The third-order valence-electron chi connectivity index (χ3n) is 3.55. The summed E-state index contributed by atoms with van der Waals surface area (Å²) in [5, 5.41) is 6.96. The van der Waals surface area contributed by atoms with Crippen LogP contribution >= 0.6 is 11.6 Å². The van der Waals surface area contributed by atoms with Gasteiger partial charge in [-0.15, -0.1) is 0 Å². The van der Waals surface area contributed by atoms with Crippen molar-refractivity contribution in [2.24, 2.45) is 5.92 Å². The number of hydrogen-bond donors (Lipinski definition) is 2. The molecule has 0 aliphatic rings. The molecule has 5 heteroatoms. The molecule has 2 aromatic carbocycles. The van der Waals surface area contributed by atoms with Gasteiger partial charge in [0.2, 0.25) is 5.91 Å². The van der Waals surface area contributed by atoms with Crippen molar-refractivity contribution >= 4 is 28.9 Å². The summed E-state index contributed by atoms with van der Waals surface area (Å²) < 4.78 is 5.64. The fraction of sp³-hybridized carbons (Fsp3) is 0.350. The first-order valence-electron chi connectivity index (χ1n) is 8.53. The Kier molecular flexibility index (Phi) is 7.14. The van der Waals surface area contributed by atoms with E-state index in [2.05, 4.69) is 10.6 Å². The molecule has 0 bridgehead atoms. The van der Waals surface area contributed by atoms with Crippen LogP contribution in [0.1, 0.15) is 32.8 Å². The normalized spacial score (nSPS) is 10.6. The van der Waals surface area contributed by atoms with Gasteiger partial charge in [0, 0.05) is 34.9 Å². The van der Waals surface area contributed by atoms with Gasteiger partial charge in [-0.3, -0.25) is 4.79 Å². The lowest BCUT2D eigenvalue weighted by molar-refractivity contribution is -0.116. The largest absolute Gasteiger partial charge is 0.494 e. The average molecular weight is 361 g/mol. The Morgan fingerprint density at radius 1 is 1.16 bits per heavy atom. The number of nitrogens with one attached hydrogen (secondary N) is 2. The van der Waals surface area contributed by atoms with Crippen molar-refractivity contribution in [3.63, 3.8) is 0 Å². The number of carbonyl (C=O) groups is 1. The molecular formula is C20H25ClN2O2. The number of ether oxygens (including phenoxy) is 1. The molecule has 2 aromatic rings. The maximum absolute atomic E-state index is 11.9. The third kappa shape index (κ3) is 6.31. The minimum atomic E-state index is 0.0284. The van der Waals surface area contributed by atoms with Crippen LogP contribution in [-0.4, -0.2) is 12.5 Å². The van der Waals surface area contributed by atoms with Crippen LogP contribution in [0.4, 0.5) is 11.4 Å². The molecule has 0 radical (unpaired) electrons. The van der Waals surface area contributed by atoms with Gasteiger partial charge in [-0.05, 0) is 49.2 Å². The van der Waals surface area contributed by atoms with Gasteiger partial charge >= 0.3 is 0 Å². The van der Waals surface area contributed by atoms with Crippen LogP contribution < -0.4 is 15.4 Å². The van der Waals surface area contributed by atoms with Crippen molar-refractivity contribution in [2.45, 2.75) is 33.7 Å². The van der Waals surface area contributed by atoms with Gasteiger partial charge in [0.25, 0.3) is 0 Å². The van der Waals surface area contributed by atoms with Crippen molar-refractivity contribution in [1.29, 1.82) is 0 Å². The van der Waals surface area contributed by atoms with E-state index in [1.807, 2.05) is 63.2 Å². The number of hydrogen-bond acceptors (Lipinski definition) is 3. The molecule has 0 atom stereocenters. The van der Waals surface area contributed by atoms with Crippen molar-refractivity contribution in [2.75, 3.05) is 17.2 Å². The fourth-order valence-electron chi connectivity index (χ4n) is 2.47. The third-order valence-corrected chi connectivity index (χ3v) is 3.78. The van der Waals surface area contributed by atoms with E-state index in [0.717, 1.165) is 22.7 Å². The summed E-state index contributed by atoms with van der Waals surface area (Å²) in [6.45, 7) is 7.19. The van der Waals surface area contributed by atoms with Crippen molar-refractivity contribution in [1.82, 2.24) is 0 Å². The smallest absolute Gasteiger partial charge is 0.224 e. The minimum absolute atomic E-state index is 0.0284. The predicted octanol–water partition coefficient (Wildman–Crippen LogP) is 5.34. The molecule has 25 heavy (non-hydrogen) atoms. The van der Waals surface area contributed by atoms with Crippen LogP contribution in [0.2, 0.25) is 5.02 Å². The molecule has 0 saturated carbocycles. The zero-order valence-electron chi connectivity index (χ0n) is 14.9. The van der Waals surface area contributed by atoms with Crippen molar-refractivity contribution < 1.29 is 9.53 Å². The van der Waals surface area contributed by atoms with Crippen molar-refractivity contribution in [3.8, 4) is 5.75 Å². The Morgan fingerprint density at radius 2 is 1.92 bits per heavy atom. The molecule has 2 rings (SSSR count). The van der Waals surface area contributed by atoms with E-state index in [-0.39, 0.29) is 5.91 Å². The molecule has 134 valence electrons. The lowest BCUT2D eigenvalue weighted by Crippen LogP contribution is -2.14. The number of anilines is 2. The number of rotatable bonds is 8. The SMILES string of the molecule is CCOc1ccc(Cl)cc1CNc1cccc(NC(=O)CC(C)C)c1. The van der Waals surface area contributed by atoms with Gasteiger partial charge in [0.05, 0.1) is 6.61 Å². The van der Waals surface area contributed by atoms with Crippen LogP contribution in [0.15, 0.2) is 42.5 Å². The van der Waals surface area contributed by atoms with E-state index in [1.54, 1.807) is 0 Å². The molecule has 2 N–H and O–H groups in total. The van der Waals surface area contributed by atoms with E-state index in [9.17, 15) is 4.79 Å². The van der Waals surface area contributed by atoms with Gasteiger partial charge in [0.1, 0.15) is 5.75 Å². The first-order valence-corrected chi connectivity index (χ1v) is 8.90. The topological polar surface area (TPSA) is 50.4 Å². The highest BCUT2D eigenvalue weighted by molar-refractivity contribution is 6.30. The summed E-state index contributed by atoms with van der Waals surface area (Å²) in [4.78, 5) is 11.9. The van der Waals surface area contributed by atoms with E-state index < -0.39 is 0 Å². The molecule has 0 aromatic heterocycles. The summed E-state index contributed by atoms with van der Waals surface area (Å²) in [5.74, 6) is 1.18. The maximum Gasteiger partial charge on any atom is 0.224 e. The molecule has 0 aliphatic carbocycles. The van der Waals surface area contributed by atoms with Gasteiger partial charge in [-0.1, -0.05) is 31.5 Å². The number of halogens is 1. The maximum atomic E-state index is 11.9. The molecule has 0 unspecified atom stereocenters. The summed E-state index contributed by atoms with van der Waals surface area (Å²) >= 11 is 6.09. The second kappa shape index (κ2) is 9.33. The molecule has 0 fully saturated rings. The van der Waals surface area contributed by atoms with Crippen molar-refractivity contribution in [3.05, 3.63) is 53.1 Å². The summed E-state index contributed by atoms with van der Waals surface area (Å²) in [5.41, 5.74) is 2.69. The lowest BCUT2D eigenvalue weighted by atomic mass is 10.1. The van der Waals surface area contributed by atoms with E-state index in [0.29, 0.717) is 30.5 Å². The Hall–Kier alpha value is -2.20. The zero-order chi connectivity index (χ0) is 18.2. The highest BCUT2D eigenvalue weighted by atomic mass is 35.5. The zero-order valence-corrected chi connectivity index (χ0v) is 15.7. The van der Waals surface area contributed by atoms with Gasteiger partial charge in [-0.25, -0.2) is 0 Å². The van der Waals surface area contributed by atoms with Crippen LogP contribution in [0, 0.1) is 5.92 Å². The van der Waals surface area contributed by atoms with Crippen LogP contribution in [0.3, 0.4) is 0 Å². The Balaban J connectivity index is 2.03. The highest BCUT2D eigenvalue weighted by Gasteiger charge is 2.07. The molecule has 1 amide bonds. The van der Waals surface area contributed by atoms with E-state index in [4.69, 9.17) is 16.3 Å². The molecule has 0 saturated heterocycles. The van der Waals surface area contributed by atoms with Crippen LogP contribution in [0.25, 0.3) is 0 Å². The molecule has 0 heterocycles. The second-order valence-electron chi connectivity index (χ2n) is 6.27. The molecule has 4 nitrogen and oxygen atoms in total. The summed E-state index contributed by atoms with van der Waals surface area (Å²) in [6.07, 6.45) is 0.512. The molecule has 0 spiro atoms. The lowest BCUT2D eigenvalue weighted by Gasteiger charge is -2.13. The standard InChI is InChI=1S/C20H25ClN2O2/c1-4-25-19-9-8-16(21)11-15(19)13-22-17-6-5-7-18(12-17)23-20(24)10-14(2)3/h5-9,11-12,14,22H,4,10,13H2,1-3H3,(H,23,24). The van der Waals surface area contributed by atoms with Crippen LogP contribution in [0.5, 0.6) is 5.75 Å². The Morgan fingerprint density at radius 3 is 2.64 bits per heavy atom. The van der Waals surface area contributed by atoms with E-state index >= 15 is 0 Å². The average Bonchev–Trinajstić information content (AvgIpc) is 2.54. The summed E-state index contributed by atoms with van der Waals surface area (Å²) in [7, 11) is 0. The fourth-order valence-corrected chi connectivity index (χ4v) is 2.66. The number of carbonyl (C=O) groups excluding carboxylic acids is 1. The second-order valence-corrected chi connectivity index (χ2v) is 6.70. The van der Waals surface area contributed by atoms with Gasteiger partial charge in [-0.2, -0.15) is 0 Å². The molecule has 0 aliphatic heterocycles. The highest BCUT2D eigenvalue weighted by Crippen LogP contribution is 2.24.